The average molecular weight is 229 g/mol. The Kier molecular flexibility index (Phi) is 3.60. The van der Waals surface area contributed by atoms with Gasteiger partial charge in [0.1, 0.15) is 11.9 Å². The number of rotatable bonds is 3. The molecular weight excluding hydrogens is 216 g/mol. The summed E-state index contributed by atoms with van der Waals surface area (Å²) in [7, 11) is 0. The lowest BCUT2D eigenvalue weighted by Crippen LogP contribution is -2.13. The maximum absolute atomic E-state index is 5.65. The molecule has 0 heterocycles. The summed E-state index contributed by atoms with van der Waals surface area (Å²) in [5.41, 5.74) is 1.19. The zero-order chi connectivity index (χ0) is 8.97. The second kappa shape index (κ2) is 4.51. The van der Waals surface area contributed by atoms with Crippen molar-refractivity contribution < 1.29 is 4.74 Å². The molecule has 0 aliphatic rings. The number of hydrogen-bond acceptors (Lipinski definition) is 1. The Balaban J connectivity index is 2.69. The van der Waals surface area contributed by atoms with E-state index in [9.17, 15) is 0 Å². The van der Waals surface area contributed by atoms with E-state index in [2.05, 4.69) is 28.9 Å². The predicted molar refractivity (Wildman–Crippen MR) is 55.1 cm³/mol. The largest absolute Gasteiger partial charge is 0.490 e. The zero-order valence-corrected chi connectivity index (χ0v) is 8.97. The van der Waals surface area contributed by atoms with Crippen molar-refractivity contribution in [3.8, 4) is 5.75 Å². The number of hydrogen-bond donors (Lipinski definition) is 0. The van der Waals surface area contributed by atoms with Gasteiger partial charge in [0.2, 0.25) is 0 Å². The molecule has 66 valence electrons. The smallest absolute Gasteiger partial charge is 0.122 e. The van der Waals surface area contributed by atoms with Crippen molar-refractivity contribution in [2.75, 3.05) is 5.33 Å². The Labute approximate surface area is 81.9 Å². The van der Waals surface area contributed by atoms with Gasteiger partial charge >= 0.3 is 0 Å². The molecule has 0 fully saturated rings. The second-order valence-corrected chi connectivity index (χ2v) is 3.50. The summed E-state index contributed by atoms with van der Waals surface area (Å²) in [5, 5.41) is 0.862. The van der Waals surface area contributed by atoms with Gasteiger partial charge in [0.25, 0.3) is 0 Å². The van der Waals surface area contributed by atoms with Crippen LogP contribution in [0.3, 0.4) is 0 Å². The third-order valence-corrected chi connectivity index (χ3v) is 2.55. The van der Waals surface area contributed by atoms with Crippen LogP contribution in [-0.2, 0) is 0 Å². The van der Waals surface area contributed by atoms with E-state index in [1.54, 1.807) is 0 Å². The highest BCUT2D eigenvalue weighted by atomic mass is 79.9. The van der Waals surface area contributed by atoms with Gasteiger partial charge in [-0.1, -0.05) is 34.1 Å². The van der Waals surface area contributed by atoms with E-state index < -0.39 is 0 Å². The molecule has 0 aliphatic heterocycles. The Bertz CT molecular complexity index is 247. The number of alkyl halides is 1. The van der Waals surface area contributed by atoms with Crippen LogP contribution in [0.25, 0.3) is 0 Å². The van der Waals surface area contributed by atoms with Gasteiger partial charge in [-0.3, -0.25) is 0 Å². The molecule has 0 saturated heterocycles. The van der Waals surface area contributed by atoms with Crippen LogP contribution in [-0.4, -0.2) is 11.4 Å². The lowest BCUT2D eigenvalue weighted by molar-refractivity contribution is 0.246. The SMILES string of the molecule is Cc1ccccc1O[C@H](C)CBr. The fourth-order valence-electron chi connectivity index (χ4n) is 0.937. The fraction of sp³-hybridized carbons (Fsp3) is 0.400. The molecule has 0 unspecified atom stereocenters. The molecule has 0 bridgehead atoms. The standard InChI is InChI=1S/C10H13BrO/c1-8-5-3-4-6-10(8)12-9(2)7-11/h3-6,9H,7H2,1-2H3/t9-/m1/s1. The average Bonchev–Trinajstić information content (AvgIpc) is 2.09. The molecule has 1 nitrogen and oxygen atoms in total. The molecule has 2 heteroatoms. The van der Waals surface area contributed by atoms with Crippen LogP contribution in [0.1, 0.15) is 12.5 Å². The maximum Gasteiger partial charge on any atom is 0.122 e. The molecule has 1 aromatic carbocycles. The van der Waals surface area contributed by atoms with E-state index in [4.69, 9.17) is 4.74 Å². The number of halogens is 1. The van der Waals surface area contributed by atoms with Gasteiger partial charge in [0, 0.05) is 5.33 Å². The van der Waals surface area contributed by atoms with Gasteiger partial charge in [0.05, 0.1) is 0 Å². The Morgan fingerprint density at radius 1 is 1.42 bits per heavy atom. The summed E-state index contributed by atoms with van der Waals surface area (Å²) in [6, 6.07) is 8.05. The summed E-state index contributed by atoms with van der Waals surface area (Å²) in [4.78, 5) is 0. The van der Waals surface area contributed by atoms with E-state index in [0.717, 1.165) is 11.1 Å². The monoisotopic (exact) mass is 228 g/mol. The van der Waals surface area contributed by atoms with E-state index in [1.165, 1.54) is 5.56 Å². The first-order chi connectivity index (χ1) is 5.74. The Hall–Kier alpha value is -0.500. The molecule has 0 spiro atoms. The molecule has 0 aliphatic carbocycles. The number of para-hydroxylation sites is 1. The second-order valence-electron chi connectivity index (χ2n) is 2.85. The highest BCUT2D eigenvalue weighted by Gasteiger charge is 2.02. The van der Waals surface area contributed by atoms with Crippen LogP contribution in [0.4, 0.5) is 0 Å². The van der Waals surface area contributed by atoms with Crippen LogP contribution < -0.4 is 4.74 Å². The van der Waals surface area contributed by atoms with Gasteiger partial charge in [0.15, 0.2) is 0 Å². The Morgan fingerprint density at radius 2 is 2.08 bits per heavy atom. The lowest BCUT2D eigenvalue weighted by Gasteiger charge is -2.13. The minimum absolute atomic E-state index is 0.228. The minimum Gasteiger partial charge on any atom is -0.490 e. The number of aryl methyl sites for hydroxylation is 1. The first-order valence-corrected chi connectivity index (χ1v) is 5.14. The maximum atomic E-state index is 5.65. The molecular formula is C10H13BrO. The first-order valence-electron chi connectivity index (χ1n) is 4.02. The topological polar surface area (TPSA) is 9.23 Å². The minimum atomic E-state index is 0.228. The summed E-state index contributed by atoms with van der Waals surface area (Å²) in [6.45, 7) is 4.09. The van der Waals surface area contributed by atoms with Crippen molar-refractivity contribution in [1.82, 2.24) is 0 Å². The van der Waals surface area contributed by atoms with E-state index >= 15 is 0 Å². The van der Waals surface area contributed by atoms with Crippen LogP contribution in [0.15, 0.2) is 24.3 Å². The fourth-order valence-corrected chi connectivity index (χ4v) is 1.07. The number of benzene rings is 1. The van der Waals surface area contributed by atoms with Crippen LogP contribution in [0.5, 0.6) is 5.75 Å². The van der Waals surface area contributed by atoms with Crippen molar-refractivity contribution in [3.63, 3.8) is 0 Å². The van der Waals surface area contributed by atoms with Crippen molar-refractivity contribution in [1.29, 1.82) is 0 Å². The first kappa shape index (κ1) is 9.59. The molecule has 0 N–H and O–H groups in total. The van der Waals surface area contributed by atoms with Gasteiger partial charge in [-0.2, -0.15) is 0 Å². The molecule has 1 atom stereocenters. The molecule has 1 rings (SSSR count). The van der Waals surface area contributed by atoms with Gasteiger partial charge in [-0.05, 0) is 25.5 Å². The number of ether oxygens (including phenoxy) is 1. The lowest BCUT2D eigenvalue weighted by atomic mass is 10.2. The predicted octanol–water partition coefficient (Wildman–Crippen LogP) is 3.16. The van der Waals surface area contributed by atoms with E-state index in [1.807, 2.05) is 25.1 Å². The molecule has 0 saturated carbocycles. The molecule has 0 aromatic heterocycles. The van der Waals surface area contributed by atoms with Gasteiger partial charge < -0.3 is 4.74 Å². The highest BCUT2D eigenvalue weighted by molar-refractivity contribution is 9.09. The summed E-state index contributed by atoms with van der Waals surface area (Å²) >= 11 is 3.37. The summed E-state index contributed by atoms with van der Waals surface area (Å²) in [6.07, 6.45) is 0.228. The summed E-state index contributed by atoms with van der Waals surface area (Å²) in [5.74, 6) is 0.976. The van der Waals surface area contributed by atoms with Crippen molar-refractivity contribution in [2.24, 2.45) is 0 Å². The summed E-state index contributed by atoms with van der Waals surface area (Å²) < 4.78 is 5.65. The normalized spacial score (nSPS) is 12.6. The van der Waals surface area contributed by atoms with Crippen molar-refractivity contribution in [2.45, 2.75) is 20.0 Å². The van der Waals surface area contributed by atoms with Crippen LogP contribution in [0.2, 0.25) is 0 Å². The van der Waals surface area contributed by atoms with Crippen LogP contribution >= 0.6 is 15.9 Å². The van der Waals surface area contributed by atoms with Gasteiger partial charge in [-0.25, -0.2) is 0 Å². The zero-order valence-electron chi connectivity index (χ0n) is 7.38. The molecule has 12 heavy (non-hydrogen) atoms. The van der Waals surface area contributed by atoms with E-state index in [-0.39, 0.29) is 6.10 Å². The molecule has 1 aromatic rings. The third kappa shape index (κ3) is 2.52. The van der Waals surface area contributed by atoms with Crippen LogP contribution in [0, 0.1) is 6.92 Å². The highest BCUT2D eigenvalue weighted by Crippen LogP contribution is 2.17. The molecule has 0 radical (unpaired) electrons. The third-order valence-electron chi connectivity index (χ3n) is 1.64. The van der Waals surface area contributed by atoms with Gasteiger partial charge in [-0.15, -0.1) is 0 Å². The molecule has 0 amide bonds. The van der Waals surface area contributed by atoms with Crippen molar-refractivity contribution in [3.05, 3.63) is 29.8 Å². The van der Waals surface area contributed by atoms with E-state index in [0.29, 0.717) is 0 Å². The Morgan fingerprint density at radius 3 is 2.67 bits per heavy atom. The quantitative estimate of drug-likeness (QED) is 0.723. The van der Waals surface area contributed by atoms with Crippen molar-refractivity contribution >= 4 is 15.9 Å².